The van der Waals surface area contributed by atoms with Crippen molar-refractivity contribution in [3.8, 4) is 11.5 Å². The lowest BCUT2D eigenvalue weighted by molar-refractivity contribution is 0.287. The van der Waals surface area contributed by atoms with Gasteiger partial charge in [-0.05, 0) is 42.7 Å². The number of hydrogen-bond donors (Lipinski definition) is 2. The molecule has 1 aromatic rings. The average Bonchev–Trinajstić information content (AvgIpc) is 2.46. The minimum Gasteiger partial charge on any atom is -0.504 e. The maximum Gasteiger partial charge on any atom is 0.161 e. The molecule has 1 aromatic carbocycles. The molecule has 1 fully saturated rings. The van der Waals surface area contributed by atoms with Gasteiger partial charge >= 0.3 is 0 Å². The molecule has 0 bridgehead atoms. The van der Waals surface area contributed by atoms with Crippen LogP contribution < -0.4 is 4.74 Å². The summed E-state index contributed by atoms with van der Waals surface area (Å²) in [5, 5.41) is 19.5. The van der Waals surface area contributed by atoms with Gasteiger partial charge in [-0.2, -0.15) is 0 Å². The van der Waals surface area contributed by atoms with Crippen LogP contribution in [0.25, 0.3) is 0 Å². The molecular formula is C17H26O3. The van der Waals surface area contributed by atoms with Gasteiger partial charge < -0.3 is 14.9 Å². The number of benzene rings is 1. The van der Waals surface area contributed by atoms with Crippen LogP contribution in [0.3, 0.4) is 0 Å². The second-order valence-corrected chi connectivity index (χ2v) is 6.14. The Balaban J connectivity index is 2.38. The van der Waals surface area contributed by atoms with Gasteiger partial charge in [0.05, 0.1) is 7.11 Å². The van der Waals surface area contributed by atoms with E-state index in [1.54, 1.807) is 7.11 Å². The van der Waals surface area contributed by atoms with Crippen LogP contribution in [-0.2, 0) is 11.8 Å². The van der Waals surface area contributed by atoms with E-state index < -0.39 is 0 Å². The van der Waals surface area contributed by atoms with E-state index in [1.807, 2.05) is 6.07 Å². The topological polar surface area (TPSA) is 49.7 Å². The van der Waals surface area contributed by atoms with Crippen LogP contribution >= 0.6 is 0 Å². The molecule has 2 N–H and O–H groups in total. The molecule has 112 valence electrons. The minimum absolute atomic E-state index is 0.0465. The van der Waals surface area contributed by atoms with Crippen molar-refractivity contribution in [1.29, 1.82) is 0 Å². The van der Waals surface area contributed by atoms with Crippen LogP contribution in [-0.4, -0.2) is 23.9 Å². The van der Waals surface area contributed by atoms with Crippen LogP contribution in [0.4, 0.5) is 0 Å². The van der Waals surface area contributed by atoms with Crippen LogP contribution in [0, 0.1) is 0 Å². The number of ether oxygens (including phenoxy) is 1. The minimum atomic E-state index is 0.0465. The van der Waals surface area contributed by atoms with Crippen molar-refractivity contribution in [2.75, 3.05) is 13.7 Å². The monoisotopic (exact) mass is 278 g/mol. The average molecular weight is 278 g/mol. The SMILES string of the molecule is COc1cc(CCCO)cc(C2(C)CCCCC2)c1O. The van der Waals surface area contributed by atoms with Gasteiger partial charge in [-0.3, -0.25) is 0 Å². The van der Waals surface area contributed by atoms with Gasteiger partial charge in [-0.25, -0.2) is 0 Å². The Morgan fingerprint density at radius 2 is 1.90 bits per heavy atom. The van der Waals surface area contributed by atoms with Crippen molar-refractivity contribution >= 4 is 0 Å². The van der Waals surface area contributed by atoms with Crippen LogP contribution in [0.1, 0.15) is 56.6 Å². The highest BCUT2D eigenvalue weighted by molar-refractivity contribution is 5.51. The van der Waals surface area contributed by atoms with Crippen molar-refractivity contribution in [3.63, 3.8) is 0 Å². The maximum absolute atomic E-state index is 10.5. The van der Waals surface area contributed by atoms with Gasteiger partial charge in [0.1, 0.15) is 0 Å². The summed E-state index contributed by atoms with van der Waals surface area (Å²) in [7, 11) is 1.60. The lowest BCUT2D eigenvalue weighted by Gasteiger charge is -2.35. The van der Waals surface area contributed by atoms with E-state index in [9.17, 15) is 5.11 Å². The zero-order chi connectivity index (χ0) is 14.6. The Kier molecular flexibility index (Phi) is 4.92. The smallest absolute Gasteiger partial charge is 0.161 e. The third-order valence-corrected chi connectivity index (χ3v) is 4.59. The quantitative estimate of drug-likeness (QED) is 0.866. The molecule has 2 rings (SSSR count). The molecule has 20 heavy (non-hydrogen) atoms. The molecular weight excluding hydrogens is 252 g/mol. The Labute approximate surface area is 121 Å². The highest BCUT2D eigenvalue weighted by Crippen LogP contribution is 2.46. The van der Waals surface area contributed by atoms with E-state index in [0.717, 1.165) is 36.8 Å². The molecule has 0 unspecified atom stereocenters. The molecule has 0 radical (unpaired) electrons. The van der Waals surface area contributed by atoms with Gasteiger partial charge in [0, 0.05) is 12.2 Å². The number of aliphatic hydroxyl groups is 1. The first kappa shape index (κ1) is 15.2. The third kappa shape index (κ3) is 3.09. The summed E-state index contributed by atoms with van der Waals surface area (Å²) in [6, 6.07) is 4.00. The van der Waals surface area contributed by atoms with Crippen molar-refractivity contribution in [2.45, 2.75) is 57.3 Å². The molecule has 1 aliphatic carbocycles. The molecule has 0 aromatic heterocycles. The number of phenolic OH excluding ortho intramolecular Hbond substituents is 1. The number of aromatic hydroxyl groups is 1. The van der Waals surface area contributed by atoms with Gasteiger partial charge in [0.25, 0.3) is 0 Å². The highest BCUT2D eigenvalue weighted by Gasteiger charge is 2.32. The van der Waals surface area contributed by atoms with Gasteiger partial charge in [-0.15, -0.1) is 0 Å². The van der Waals surface area contributed by atoms with Crippen LogP contribution in [0.15, 0.2) is 12.1 Å². The lowest BCUT2D eigenvalue weighted by Crippen LogP contribution is -2.25. The fraction of sp³-hybridized carbons (Fsp3) is 0.647. The van der Waals surface area contributed by atoms with Crippen LogP contribution in [0.5, 0.6) is 11.5 Å². The van der Waals surface area contributed by atoms with E-state index >= 15 is 0 Å². The second-order valence-electron chi connectivity index (χ2n) is 6.14. The zero-order valence-electron chi connectivity index (χ0n) is 12.6. The first-order chi connectivity index (χ1) is 9.60. The molecule has 0 heterocycles. The van der Waals surface area contributed by atoms with E-state index in [2.05, 4.69) is 13.0 Å². The molecule has 0 amide bonds. The summed E-state index contributed by atoms with van der Waals surface area (Å²) in [6.45, 7) is 2.44. The normalized spacial score (nSPS) is 17.9. The molecule has 3 nitrogen and oxygen atoms in total. The maximum atomic E-state index is 10.5. The predicted octanol–water partition coefficient (Wildman–Crippen LogP) is 3.55. The summed E-state index contributed by atoms with van der Waals surface area (Å²) in [5.74, 6) is 0.854. The summed E-state index contributed by atoms with van der Waals surface area (Å²) >= 11 is 0. The highest BCUT2D eigenvalue weighted by atomic mass is 16.5. The van der Waals surface area contributed by atoms with Crippen LogP contribution in [0.2, 0.25) is 0 Å². The fourth-order valence-corrected chi connectivity index (χ4v) is 3.31. The number of aliphatic hydroxyl groups excluding tert-OH is 1. The van der Waals surface area contributed by atoms with Gasteiger partial charge in [0.2, 0.25) is 0 Å². The Morgan fingerprint density at radius 1 is 1.20 bits per heavy atom. The van der Waals surface area contributed by atoms with Gasteiger partial charge in [0.15, 0.2) is 11.5 Å². The fourth-order valence-electron chi connectivity index (χ4n) is 3.31. The van der Waals surface area contributed by atoms with E-state index in [4.69, 9.17) is 9.84 Å². The van der Waals surface area contributed by atoms with E-state index in [-0.39, 0.29) is 12.0 Å². The summed E-state index contributed by atoms with van der Waals surface area (Å²) < 4.78 is 5.33. The standard InChI is InChI=1S/C17H26O3/c1-17(8-4-3-5-9-17)14-11-13(7-6-10-18)12-15(20-2)16(14)19/h11-12,18-19H,3-10H2,1-2H3. The third-order valence-electron chi connectivity index (χ3n) is 4.59. The molecule has 1 aliphatic rings. The largest absolute Gasteiger partial charge is 0.504 e. The number of methoxy groups -OCH3 is 1. The summed E-state index contributed by atoms with van der Waals surface area (Å²) in [5.41, 5.74) is 2.20. The number of rotatable bonds is 5. The van der Waals surface area contributed by atoms with E-state index in [1.165, 1.54) is 19.3 Å². The predicted molar refractivity (Wildman–Crippen MR) is 80.5 cm³/mol. The molecule has 0 spiro atoms. The molecule has 3 heteroatoms. The first-order valence-electron chi connectivity index (χ1n) is 7.62. The Hall–Kier alpha value is -1.22. The molecule has 1 saturated carbocycles. The molecule has 0 saturated heterocycles. The van der Waals surface area contributed by atoms with Crippen molar-refractivity contribution < 1.29 is 14.9 Å². The second kappa shape index (κ2) is 6.49. The number of phenols is 1. The lowest BCUT2D eigenvalue weighted by atomic mass is 9.70. The Morgan fingerprint density at radius 3 is 2.50 bits per heavy atom. The van der Waals surface area contributed by atoms with Crippen molar-refractivity contribution in [3.05, 3.63) is 23.3 Å². The Bertz CT molecular complexity index is 448. The van der Waals surface area contributed by atoms with Crippen molar-refractivity contribution in [1.82, 2.24) is 0 Å². The summed E-state index contributed by atoms with van der Waals surface area (Å²) in [6.07, 6.45) is 7.52. The van der Waals surface area contributed by atoms with E-state index in [0.29, 0.717) is 11.5 Å². The zero-order valence-corrected chi connectivity index (χ0v) is 12.6. The van der Waals surface area contributed by atoms with Crippen molar-refractivity contribution in [2.24, 2.45) is 0 Å². The number of hydrogen-bond acceptors (Lipinski definition) is 3. The summed E-state index contributed by atoms with van der Waals surface area (Å²) in [4.78, 5) is 0. The number of aryl methyl sites for hydroxylation is 1. The molecule has 0 aliphatic heterocycles. The van der Waals surface area contributed by atoms with Gasteiger partial charge in [-0.1, -0.05) is 32.3 Å². The molecule has 0 atom stereocenters. The first-order valence-corrected chi connectivity index (χ1v) is 7.62.